The number of hydrogen-bond donors (Lipinski definition) is 0. The SMILES string of the molecule is O=S(=O)(Oc1ccc2ccc(-c3ccc4c(c3)C3(c5ccccc5-c5ccccc53)c3ccccc3-4)cc2c1)C(F)(F)C(F)(F)F. The molecule has 3 nitrogen and oxygen atoms in total. The van der Waals surface area contributed by atoms with Gasteiger partial charge in [0.15, 0.2) is 0 Å². The van der Waals surface area contributed by atoms with E-state index in [9.17, 15) is 30.4 Å². The summed E-state index contributed by atoms with van der Waals surface area (Å²) in [6, 6.07) is 40.3. The maximum atomic E-state index is 13.7. The molecule has 0 amide bonds. The molecule has 1 spiro atoms. The molecule has 8 rings (SSSR count). The maximum absolute atomic E-state index is 13.7. The molecule has 2 aliphatic carbocycles. The van der Waals surface area contributed by atoms with E-state index < -0.39 is 32.7 Å². The molecule has 2 aliphatic rings. The summed E-state index contributed by atoms with van der Waals surface area (Å²) in [5, 5.41) is -5.07. The Morgan fingerprint density at radius 3 is 1.54 bits per heavy atom. The fraction of sp³-hybridized carbons (Fsp3) is 0.0811. The quantitative estimate of drug-likeness (QED) is 0.142. The molecule has 228 valence electrons. The number of halogens is 5. The van der Waals surface area contributed by atoms with Crippen molar-refractivity contribution in [3.8, 4) is 39.1 Å². The van der Waals surface area contributed by atoms with E-state index in [-0.39, 0.29) is 0 Å². The second-order valence-corrected chi connectivity index (χ2v) is 13.0. The van der Waals surface area contributed by atoms with Crippen molar-refractivity contribution in [3.05, 3.63) is 150 Å². The van der Waals surface area contributed by atoms with E-state index in [2.05, 4.69) is 52.7 Å². The smallest absolute Gasteiger partial charge is 0.378 e. The topological polar surface area (TPSA) is 43.4 Å². The molecule has 0 heterocycles. The van der Waals surface area contributed by atoms with Crippen LogP contribution in [0.1, 0.15) is 22.3 Å². The number of rotatable bonds is 4. The minimum atomic E-state index is -6.35. The van der Waals surface area contributed by atoms with E-state index in [1.165, 1.54) is 22.8 Å². The van der Waals surface area contributed by atoms with Crippen LogP contribution in [0.4, 0.5) is 22.0 Å². The normalized spacial score (nSPS) is 14.5. The first-order valence-electron chi connectivity index (χ1n) is 14.3. The Labute approximate surface area is 260 Å². The van der Waals surface area contributed by atoms with Crippen molar-refractivity contribution in [1.82, 2.24) is 0 Å². The van der Waals surface area contributed by atoms with E-state index in [1.54, 1.807) is 12.1 Å². The minimum Gasteiger partial charge on any atom is -0.378 e. The zero-order valence-corrected chi connectivity index (χ0v) is 24.5. The van der Waals surface area contributed by atoms with Crippen molar-refractivity contribution in [3.63, 3.8) is 0 Å². The zero-order valence-electron chi connectivity index (χ0n) is 23.6. The summed E-state index contributed by atoms with van der Waals surface area (Å²) in [6.45, 7) is 0. The molecule has 0 aliphatic heterocycles. The lowest BCUT2D eigenvalue weighted by Gasteiger charge is -2.30. The summed E-state index contributed by atoms with van der Waals surface area (Å²) in [5.41, 5.74) is 10.2. The number of benzene rings is 6. The van der Waals surface area contributed by atoms with Crippen LogP contribution in [0.15, 0.2) is 127 Å². The number of alkyl halides is 5. The van der Waals surface area contributed by atoms with Crippen molar-refractivity contribution < 1.29 is 34.6 Å². The summed E-state index contributed by atoms with van der Waals surface area (Å²) in [4.78, 5) is 0. The van der Waals surface area contributed by atoms with E-state index in [0.717, 1.165) is 51.1 Å². The van der Waals surface area contributed by atoms with E-state index >= 15 is 0 Å². The van der Waals surface area contributed by atoms with Crippen LogP contribution in [-0.2, 0) is 15.5 Å². The predicted molar refractivity (Wildman–Crippen MR) is 166 cm³/mol. The summed E-state index contributed by atoms with van der Waals surface area (Å²) in [5.74, 6) is -0.656. The Morgan fingerprint density at radius 1 is 0.500 bits per heavy atom. The van der Waals surface area contributed by atoms with Crippen LogP contribution in [0.2, 0.25) is 0 Å². The van der Waals surface area contributed by atoms with Gasteiger partial charge in [-0.25, -0.2) is 0 Å². The lowest BCUT2D eigenvalue weighted by atomic mass is 9.70. The molecule has 0 saturated carbocycles. The van der Waals surface area contributed by atoms with Gasteiger partial charge in [-0.3, -0.25) is 0 Å². The fourth-order valence-corrected chi connectivity index (χ4v) is 7.80. The van der Waals surface area contributed by atoms with Crippen LogP contribution in [0.5, 0.6) is 5.75 Å². The van der Waals surface area contributed by atoms with Gasteiger partial charge >= 0.3 is 21.5 Å². The maximum Gasteiger partial charge on any atom is 0.475 e. The van der Waals surface area contributed by atoms with Crippen LogP contribution in [-0.4, -0.2) is 19.8 Å². The second kappa shape index (κ2) is 9.50. The monoisotopic (exact) mass is 640 g/mol. The lowest BCUT2D eigenvalue weighted by Crippen LogP contribution is -2.46. The second-order valence-electron chi connectivity index (χ2n) is 11.4. The van der Waals surface area contributed by atoms with Crippen molar-refractivity contribution in [2.45, 2.75) is 16.8 Å². The van der Waals surface area contributed by atoms with Crippen LogP contribution >= 0.6 is 0 Å². The van der Waals surface area contributed by atoms with Gasteiger partial charge < -0.3 is 4.18 Å². The standard InChI is InChI=1S/C37H21F5O3S/c38-36(39,40)37(41,42)46(43,44)45-26-17-15-22-13-14-23(19-25(22)20-26)24-16-18-30-29-9-3-6-12-33(29)35(34(30)21-24)31-10-4-1-7-27(31)28-8-2-5-11-32(28)35/h1-21H. The average molecular weight is 641 g/mol. The van der Waals surface area contributed by atoms with Crippen molar-refractivity contribution in [2.24, 2.45) is 0 Å². The zero-order chi connectivity index (χ0) is 32.1. The molecule has 9 heteroatoms. The van der Waals surface area contributed by atoms with Gasteiger partial charge in [-0.05, 0) is 90.7 Å². The summed E-state index contributed by atoms with van der Waals surface area (Å²) in [7, 11) is -6.35. The van der Waals surface area contributed by atoms with Gasteiger partial charge in [0.25, 0.3) is 0 Å². The fourth-order valence-electron chi connectivity index (χ4n) is 7.05. The van der Waals surface area contributed by atoms with E-state index in [4.69, 9.17) is 0 Å². The Balaban J connectivity index is 1.27. The first-order valence-corrected chi connectivity index (χ1v) is 15.7. The largest absolute Gasteiger partial charge is 0.475 e. The van der Waals surface area contributed by atoms with Crippen molar-refractivity contribution in [2.75, 3.05) is 0 Å². The van der Waals surface area contributed by atoms with Gasteiger partial charge in [0.1, 0.15) is 5.75 Å². The molecular formula is C37H21F5O3S. The Kier molecular flexibility index (Phi) is 5.87. The van der Waals surface area contributed by atoms with Gasteiger partial charge in [-0.2, -0.15) is 30.4 Å². The molecule has 0 N–H and O–H groups in total. The third-order valence-electron chi connectivity index (χ3n) is 8.99. The molecule has 0 radical (unpaired) electrons. The van der Waals surface area contributed by atoms with Crippen LogP contribution in [0.25, 0.3) is 44.2 Å². The highest BCUT2D eigenvalue weighted by Gasteiger charge is 2.69. The predicted octanol–water partition coefficient (Wildman–Crippen LogP) is 9.71. The molecule has 46 heavy (non-hydrogen) atoms. The molecule has 0 saturated heterocycles. The van der Waals surface area contributed by atoms with E-state index in [0.29, 0.717) is 10.8 Å². The first kappa shape index (κ1) is 28.5. The van der Waals surface area contributed by atoms with Gasteiger partial charge in [-0.15, -0.1) is 0 Å². The number of hydrogen-bond acceptors (Lipinski definition) is 3. The van der Waals surface area contributed by atoms with Crippen molar-refractivity contribution in [1.29, 1.82) is 0 Å². The first-order chi connectivity index (χ1) is 21.9. The molecule has 6 aromatic rings. The third-order valence-corrected chi connectivity index (χ3v) is 10.3. The van der Waals surface area contributed by atoms with Crippen molar-refractivity contribution >= 4 is 20.9 Å². The minimum absolute atomic E-state index is 0.399. The van der Waals surface area contributed by atoms with Gasteiger partial charge in [0.2, 0.25) is 0 Å². The lowest BCUT2D eigenvalue weighted by molar-refractivity contribution is -0.243. The molecule has 0 fully saturated rings. The Morgan fingerprint density at radius 2 is 0.978 bits per heavy atom. The summed E-state index contributed by atoms with van der Waals surface area (Å²) in [6.07, 6.45) is -6.33. The van der Waals surface area contributed by atoms with E-state index in [1.807, 2.05) is 48.5 Å². The summed E-state index contributed by atoms with van der Waals surface area (Å²) >= 11 is 0. The summed E-state index contributed by atoms with van der Waals surface area (Å²) < 4.78 is 93.7. The van der Waals surface area contributed by atoms with Gasteiger partial charge in [0.05, 0.1) is 5.41 Å². The van der Waals surface area contributed by atoms with Gasteiger partial charge in [0, 0.05) is 0 Å². The molecule has 0 bridgehead atoms. The van der Waals surface area contributed by atoms with Crippen LogP contribution < -0.4 is 4.18 Å². The van der Waals surface area contributed by atoms with Crippen LogP contribution in [0, 0.1) is 0 Å². The molecule has 0 aromatic heterocycles. The highest BCUT2D eigenvalue weighted by molar-refractivity contribution is 7.88. The number of fused-ring (bicyclic) bond motifs is 11. The Bertz CT molecular complexity index is 2280. The van der Waals surface area contributed by atoms with Crippen LogP contribution in [0.3, 0.4) is 0 Å². The molecule has 0 unspecified atom stereocenters. The average Bonchev–Trinajstić information content (AvgIpc) is 3.51. The molecule has 0 atom stereocenters. The van der Waals surface area contributed by atoms with Gasteiger partial charge in [-0.1, -0.05) is 103 Å². The highest BCUT2D eigenvalue weighted by atomic mass is 32.2. The molecular weight excluding hydrogens is 619 g/mol. The molecule has 6 aromatic carbocycles. The third kappa shape index (κ3) is 3.78. The highest BCUT2D eigenvalue weighted by Crippen LogP contribution is 2.63. The Hall–Kier alpha value is -5.02.